The van der Waals surface area contributed by atoms with E-state index in [1.165, 1.54) is 51.8 Å². The second-order valence-electron chi connectivity index (χ2n) is 8.54. The molecular weight excluding hydrogens is 419 g/mol. The van der Waals surface area contributed by atoms with Gasteiger partial charge in [-0.1, -0.05) is 0 Å². The van der Waals surface area contributed by atoms with Crippen molar-refractivity contribution < 1.29 is 14.2 Å². The van der Waals surface area contributed by atoms with Crippen LogP contribution in [0.1, 0.15) is 73.1 Å². The quantitative estimate of drug-likeness (QED) is 0.271. The number of ether oxygens (including phenoxy) is 3. The summed E-state index contributed by atoms with van der Waals surface area (Å²) in [5, 5.41) is 0. The van der Waals surface area contributed by atoms with E-state index < -0.39 is 24.2 Å². The monoisotopic (exact) mass is 460 g/mol. The molecule has 0 bridgehead atoms. The van der Waals surface area contributed by atoms with Crippen LogP contribution in [0.25, 0.3) is 0 Å². The van der Waals surface area contributed by atoms with Gasteiger partial charge in [0.15, 0.2) is 0 Å². The second kappa shape index (κ2) is 10.1. The number of hydrogen-bond acceptors (Lipinski definition) is 3. The normalized spacial score (nSPS) is 27.8. The molecule has 1 aliphatic carbocycles. The molecule has 0 unspecified atom stereocenters. The van der Waals surface area contributed by atoms with E-state index in [0.29, 0.717) is 0 Å². The zero-order valence-corrected chi connectivity index (χ0v) is 20.0. The van der Waals surface area contributed by atoms with E-state index in [1.807, 2.05) is 13.8 Å². The number of unbranched alkanes of at least 4 members (excludes halogenated alkanes) is 3. The van der Waals surface area contributed by atoms with E-state index in [9.17, 15) is 0 Å². The molecule has 3 atom stereocenters. The van der Waals surface area contributed by atoms with Gasteiger partial charge in [0.2, 0.25) is 0 Å². The van der Waals surface area contributed by atoms with E-state index >= 15 is 0 Å². The molecule has 0 aromatic heterocycles. The van der Waals surface area contributed by atoms with Crippen molar-refractivity contribution in [3.63, 3.8) is 0 Å². The average molecular weight is 459 g/mol. The third-order valence-electron chi connectivity index (χ3n) is 5.74. The van der Waals surface area contributed by atoms with Crippen LogP contribution in [-0.2, 0) is 14.2 Å². The van der Waals surface area contributed by atoms with Gasteiger partial charge in [-0.05, 0) is 0 Å². The first-order valence-corrected chi connectivity index (χ1v) is 18.7. The summed E-state index contributed by atoms with van der Waals surface area (Å²) in [6.07, 6.45) is 12.7. The van der Waals surface area contributed by atoms with E-state index in [1.54, 1.807) is 0 Å². The summed E-state index contributed by atoms with van der Waals surface area (Å²) in [4.78, 5) is 0. The standard InChI is InChI=1S/C9H13O3.3C4H9.Sn/c1-9(2)11-7-5-4-6(10-3)8(7)12-9;3*1-3-4-2;/h4-8H,3H2,1-2H3;3*1,3-4H2,2H3;/t6-,7-,8+;;;;/m1..../s1. The van der Waals surface area contributed by atoms with Crippen molar-refractivity contribution in [2.75, 3.05) is 4.62 Å². The Morgan fingerprint density at radius 2 is 1.44 bits per heavy atom. The van der Waals surface area contributed by atoms with Gasteiger partial charge in [0.05, 0.1) is 0 Å². The zero-order valence-electron chi connectivity index (χ0n) is 17.2. The average Bonchev–Trinajstić information content (AvgIpc) is 3.08. The number of rotatable bonds is 12. The molecule has 2 aliphatic rings. The fraction of sp³-hybridized carbons (Fsp3) is 0.905. The minimum atomic E-state index is -2.23. The van der Waals surface area contributed by atoms with E-state index in [-0.39, 0.29) is 18.3 Å². The Labute approximate surface area is 159 Å². The fourth-order valence-corrected chi connectivity index (χ4v) is 18.6. The molecule has 0 amide bonds. The molecule has 0 aromatic carbocycles. The Morgan fingerprint density at radius 3 is 1.96 bits per heavy atom. The summed E-state index contributed by atoms with van der Waals surface area (Å²) in [6, 6.07) is 0. The van der Waals surface area contributed by atoms with Crippen molar-refractivity contribution in [2.45, 2.75) is 111 Å². The van der Waals surface area contributed by atoms with Gasteiger partial charge in [0, 0.05) is 0 Å². The summed E-state index contributed by atoms with van der Waals surface area (Å²) in [6.45, 7) is 11.0. The molecule has 0 N–H and O–H groups in total. The van der Waals surface area contributed by atoms with Crippen LogP contribution in [0.2, 0.25) is 13.3 Å². The van der Waals surface area contributed by atoms with E-state index in [4.69, 9.17) is 14.2 Å². The maximum absolute atomic E-state index is 6.57. The molecule has 25 heavy (non-hydrogen) atoms. The molecule has 0 saturated carbocycles. The first kappa shape index (κ1) is 21.7. The molecule has 1 heterocycles. The summed E-state index contributed by atoms with van der Waals surface area (Å²) < 4.78 is 24.2. The summed E-state index contributed by atoms with van der Waals surface area (Å²) >= 11 is -2.23. The Kier molecular flexibility index (Phi) is 8.77. The van der Waals surface area contributed by atoms with Crippen LogP contribution < -0.4 is 0 Å². The Balaban J connectivity index is 1.98. The first-order valence-electron chi connectivity index (χ1n) is 10.6. The molecule has 1 fully saturated rings. The van der Waals surface area contributed by atoms with Crippen LogP contribution in [-0.4, -0.2) is 47.1 Å². The zero-order chi connectivity index (χ0) is 18.3. The van der Waals surface area contributed by atoms with Gasteiger partial charge < -0.3 is 0 Å². The fourth-order valence-electron chi connectivity index (χ4n) is 4.22. The van der Waals surface area contributed by atoms with Crippen LogP contribution in [0.3, 0.4) is 0 Å². The molecule has 1 saturated heterocycles. The first-order chi connectivity index (χ1) is 12.0. The number of hydrogen-bond donors (Lipinski definition) is 0. The van der Waals surface area contributed by atoms with Gasteiger partial charge in [0.1, 0.15) is 0 Å². The molecule has 1 aliphatic heterocycles. The van der Waals surface area contributed by atoms with E-state index in [2.05, 4.69) is 32.9 Å². The molecule has 4 heteroatoms. The molecule has 3 nitrogen and oxygen atoms in total. The molecule has 2 rings (SSSR count). The van der Waals surface area contributed by atoms with Crippen LogP contribution in [0.4, 0.5) is 0 Å². The Morgan fingerprint density at radius 1 is 0.880 bits per heavy atom. The summed E-state index contributed by atoms with van der Waals surface area (Å²) in [5.41, 5.74) is 0. The van der Waals surface area contributed by atoms with Crippen molar-refractivity contribution in [3.8, 4) is 0 Å². The number of fused-ring (bicyclic) bond motifs is 1. The van der Waals surface area contributed by atoms with Crippen molar-refractivity contribution in [1.82, 2.24) is 0 Å². The van der Waals surface area contributed by atoms with Crippen molar-refractivity contribution in [1.29, 1.82) is 0 Å². The molecule has 0 aromatic rings. The van der Waals surface area contributed by atoms with Gasteiger partial charge in [-0.25, -0.2) is 0 Å². The molecular formula is C21H40O3Sn. The van der Waals surface area contributed by atoms with Gasteiger partial charge in [0.25, 0.3) is 0 Å². The summed E-state index contributed by atoms with van der Waals surface area (Å²) in [5.74, 6) is -0.477. The third-order valence-corrected chi connectivity index (χ3v) is 20.1. The molecule has 0 spiro atoms. The minimum absolute atomic E-state index is 0.0579. The van der Waals surface area contributed by atoms with E-state index in [0.717, 1.165) is 4.62 Å². The maximum atomic E-state index is 6.57. The van der Waals surface area contributed by atoms with Crippen LogP contribution in [0.5, 0.6) is 0 Å². The van der Waals surface area contributed by atoms with Crippen molar-refractivity contribution in [3.05, 3.63) is 12.2 Å². The Bertz CT molecular complexity index is 400. The predicted octanol–water partition coefficient (Wildman–Crippen LogP) is 5.85. The third kappa shape index (κ3) is 6.22. The van der Waals surface area contributed by atoms with Gasteiger partial charge in [-0.15, -0.1) is 0 Å². The van der Waals surface area contributed by atoms with Crippen LogP contribution >= 0.6 is 0 Å². The Hall–Kier alpha value is 0.419. The molecule has 146 valence electrons. The van der Waals surface area contributed by atoms with Crippen molar-refractivity contribution in [2.24, 2.45) is 0 Å². The second-order valence-corrected chi connectivity index (χ2v) is 22.2. The van der Waals surface area contributed by atoms with Crippen LogP contribution in [0, 0.1) is 0 Å². The predicted molar refractivity (Wildman–Crippen MR) is 108 cm³/mol. The van der Waals surface area contributed by atoms with Gasteiger partial charge in [-0.3, -0.25) is 0 Å². The summed E-state index contributed by atoms with van der Waals surface area (Å²) in [7, 11) is 0. The van der Waals surface area contributed by atoms with Crippen LogP contribution in [0.15, 0.2) is 12.2 Å². The van der Waals surface area contributed by atoms with Crippen molar-refractivity contribution >= 4 is 18.4 Å². The SMILES string of the molecule is CCC[CH2][Sn]([CH2]CCC)([CH2]CCC)[CH2]O[C@@H]1C=C[C@H]2OC(C)(C)O[C@@H]12. The molecule has 0 radical (unpaired) electrons. The van der Waals surface area contributed by atoms with Gasteiger partial charge >= 0.3 is 160 Å². The van der Waals surface area contributed by atoms with Gasteiger partial charge in [-0.2, -0.15) is 0 Å². The topological polar surface area (TPSA) is 27.7 Å².